The first-order chi connectivity index (χ1) is 68.7. The second kappa shape index (κ2) is 75.5. The molecule has 0 unspecified atom stereocenters. The predicted molar refractivity (Wildman–Crippen MR) is 698 cm³/mol. The number of rotatable bonds is 36. The van der Waals surface area contributed by atoms with Gasteiger partial charge in [-0.2, -0.15) is 0 Å². The number of hydrogen-bond acceptors (Lipinski definition) is 9. The summed E-state index contributed by atoms with van der Waals surface area (Å²) >= 11 is 12.7. The number of aromatic amines is 6. The Hall–Kier alpha value is -3.57. The quantitative estimate of drug-likeness (QED) is 0.0168. The summed E-state index contributed by atoms with van der Waals surface area (Å²) in [6.07, 6.45) is 18.8. The van der Waals surface area contributed by atoms with E-state index in [0.717, 1.165) is 80.0 Å². The van der Waals surface area contributed by atoms with Crippen molar-refractivity contribution < 1.29 is 84.8 Å². The zero-order valence-corrected chi connectivity index (χ0v) is 112. The van der Waals surface area contributed by atoms with Crippen molar-refractivity contribution in [1.29, 1.82) is 0 Å². The molecular weight excluding hydrogens is 2870 g/mol. The molecule has 0 fully saturated rings. The third-order valence-electron chi connectivity index (χ3n) is 27.7. The SMILES string of the molecule is C.C.C.C.C.C.C[C@H](Cc1c[nH]c2c(CI)cccc12)N(C)C.C[C@H](Cc1c[nH]c2cc(CI)ccc12)N(C)C.C[C@H](Cc1c[nH]c2ccc(CI)cc12)N(C)C.C[C@H](Cc1cccc(CI)c1)N(C)C.C[I-]c1[nH]c2ccccc2c1CCN(C)C.C[I-]c1[nH]c2ccccc2c1C[C@@H](C)N(C)C.C[I-]c1cccc2[nH]cc(C[C@@H](C)N(C)C)c12.C[I-]c1ccccc1C[C@@H](C)N(C)C.Cc1ccc(C[C@@H](C)N(C)C)cc1CI. The van der Waals surface area contributed by atoms with Crippen LogP contribution in [0.1, 0.15) is 183 Å². The molecule has 150 heavy (non-hydrogen) atoms. The van der Waals surface area contributed by atoms with E-state index in [1.54, 1.807) is 18.3 Å². The summed E-state index contributed by atoms with van der Waals surface area (Å²) in [5.74, 6) is 0. The fourth-order valence-electron chi connectivity index (χ4n) is 16.2. The zero-order chi connectivity index (χ0) is 106. The van der Waals surface area contributed by atoms with Crippen molar-refractivity contribution in [3.05, 3.63) is 311 Å². The first-order valence-electron chi connectivity index (χ1n) is 50.2. The van der Waals surface area contributed by atoms with Crippen molar-refractivity contribution in [3.63, 3.8) is 0 Å². The van der Waals surface area contributed by atoms with Crippen LogP contribution in [-0.4, -0.2) is 275 Å². The molecule has 6 heterocycles. The number of H-pyrrole nitrogens is 6. The molecule has 0 bridgehead atoms. The molecule has 0 radical (unpaired) electrons. The average Bonchev–Trinajstić information content (AvgIpc) is 1.78. The first-order valence-corrected chi connectivity index (χ1v) is 70.8. The predicted octanol–water partition coefficient (Wildman–Crippen LogP) is 18.5. The maximum atomic E-state index is 3.59. The summed E-state index contributed by atoms with van der Waals surface area (Å²) in [4.78, 5) is 50.5. The van der Waals surface area contributed by atoms with Crippen molar-refractivity contribution in [2.75, 3.05) is 153 Å². The number of nitrogens with zero attached hydrogens (tertiary/aromatic N) is 9. The van der Waals surface area contributed by atoms with Gasteiger partial charge in [0.1, 0.15) is 0 Å². The number of likely N-dealkylation sites (N-methyl/N-ethyl adjacent to an activating group) is 9. The molecular formula is C126H196I9N15-4. The molecule has 15 aromatic rings. The molecule has 0 aliphatic carbocycles. The van der Waals surface area contributed by atoms with Gasteiger partial charge in [-0.05, 0) is 224 Å². The van der Waals surface area contributed by atoms with Crippen LogP contribution < -0.4 is 84.8 Å². The molecule has 842 valence electrons. The van der Waals surface area contributed by atoms with Gasteiger partial charge in [-0.1, -0.05) is 236 Å². The topological polar surface area (TPSA) is 124 Å². The Morgan fingerprint density at radius 1 is 0.260 bits per heavy atom. The van der Waals surface area contributed by atoms with Crippen molar-refractivity contribution in [3.8, 4) is 0 Å². The van der Waals surface area contributed by atoms with Gasteiger partial charge in [0.05, 0.1) is 0 Å². The van der Waals surface area contributed by atoms with Crippen molar-refractivity contribution in [2.24, 2.45) is 0 Å². The van der Waals surface area contributed by atoms with E-state index in [4.69, 9.17) is 0 Å². The number of alkyl halides is 9. The second-order valence-electron chi connectivity index (χ2n) is 40.2. The van der Waals surface area contributed by atoms with E-state index in [1.165, 1.54) is 152 Å². The van der Waals surface area contributed by atoms with Crippen LogP contribution >= 0.6 is 113 Å². The minimum absolute atomic E-state index is 0. The maximum Gasteiger partial charge on any atom is 0.0249 e. The van der Waals surface area contributed by atoms with E-state index in [1.807, 2.05) is 0 Å². The Bertz CT molecular complexity index is 6190. The van der Waals surface area contributed by atoms with Gasteiger partial charge in [-0.15, -0.1) is 0 Å². The van der Waals surface area contributed by atoms with Crippen LogP contribution in [0.4, 0.5) is 0 Å². The Morgan fingerprint density at radius 3 is 1.12 bits per heavy atom. The van der Waals surface area contributed by atoms with E-state index in [2.05, 4.69) is 609 Å². The smallest absolute Gasteiger partial charge is 0.0249 e. The van der Waals surface area contributed by atoms with Gasteiger partial charge in [-0.3, -0.25) is 0 Å². The Kier molecular flexibility index (Phi) is 72.7. The molecule has 8 atom stereocenters. The van der Waals surface area contributed by atoms with E-state index in [9.17, 15) is 0 Å². The third kappa shape index (κ3) is 46.3. The van der Waals surface area contributed by atoms with Crippen molar-refractivity contribution in [2.45, 2.75) is 235 Å². The number of halogens is 9. The Morgan fingerprint density at radius 2 is 0.620 bits per heavy atom. The molecule has 0 spiro atoms. The fourth-order valence-corrected chi connectivity index (χ4v) is 26.0. The van der Waals surface area contributed by atoms with E-state index in [-0.39, 0.29) is 129 Å². The van der Waals surface area contributed by atoms with E-state index < -0.39 is 0 Å². The summed E-state index contributed by atoms with van der Waals surface area (Å²) in [5, 5.41) is 8.45. The summed E-state index contributed by atoms with van der Waals surface area (Å²) < 4.78 is 11.6. The number of aromatic nitrogens is 6. The Balaban J connectivity index is 0.000000840. The van der Waals surface area contributed by atoms with Crippen LogP contribution in [0.15, 0.2) is 213 Å². The molecule has 0 aliphatic rings. The number of benzene rings is 9. The van der Waals surface area contributed by atoms with E-state index in [0.29, 0.717) is 48.3 Å². The van der Waals surface area contributed by atoms with Crippen LogP contribution in [0.3, 0.4) is 0 Å². The van der Waals surface area contributed by atoms with Crippen LogP contribution in [0.5, 0.6) is 0 Å². The second-order valence-corrected chi connectivity index (χ2v) is 52.8. The van der Waals surface area contributed by atoms with Crippen molar-refractivity contribution in [1.82, 2.24) is 74.0 Å². The number of nitrogens with one attached hydrogen (secondary N) is 6. The van der Waals surface area contributed by atoms with Gasteiger partial charge < -0.3 is 39.5 Å². The third-order valence-corrected chi connectivity index (χ3v) is 40.3. The summed E-state index contributed by atoms with van der Waals surface area (Å²) in [7, 11) is 38.5. The molecule has 9 aromatic carbocycles. The van der Waals surface area contributed by atoms with Gasteiger partial charge in [0, 0.05) is 104 Å². The van der Waals surface area contributed by atoms with Gasteiger partial charge >= 0.3 is 433 Å². The number of hydrogen-bond donors (Lipinski definition) is 6. The fraction of sp³-hybridized carbons (Fsp3) is 0.476. The monoisotopic (exact) mass is 3060 g/mol. The Labute approximate surface area is 1020 Å². The largest absolute Gasteiger partial charge is 0.306 e. The number of para-hydroxylation sites is 3. The minimum atomic E-state index is 0. The van der Waals surface area contributed by atoms with Gasteiger partial charge in [0.2, 0.25) is 0 Å². The van der Waals surface area contributed by atoms with Crippen LogP contribution in [-0.2, 0) is 79.9 Å². The maximum absolute atomic E-state index is 3.59. The molecule has 0 saturated carbocycles. The van der Waals surface area contributed by atoms with E-state index >= 15 is 0 Å². The van der Waals surface area contributed by atoms with Gasteiger partial charge in [-0.25, -0.2) is 0 Å². The molecule has 0 aliphatic heterocycles. The average molecular weight is 3060 g/mol. The van der Waals surface area contributed by atoms with Crippen molar-refractivity contribution >= 4 is 178 Å². The molecule has 0 saturated heterocycles. The molecule has 15 nitrogen and oxygen atoms in total. The zero-order valence-electron chi connectivity index (χ0n) is 92.4. The molecule has 6 N–H and O–H groups in total. The molecule has 6 aromatic heterocycles. The number of fused-ring (bicyclic) bond motifs is 6. The molecule has 24 heteroatoms. The van der Waals surface area contributed by atoms with Crippen LogP contribution in [0, 0.1) is 21.5 Å². The standard InChI is InChI=1S/2C14H20IN2.3C14H19IN2.C13H18IN2.C13H20IN.C12H19IN.C12H18IN.6CH4/c1-10(17(3)4)8-11-9-16-13-7-5-6-12(15-2)14(11)13;1-10(17(3)4)9-12-11-7-5-6-8-13(11)16-14(12)15-2;1-10(17(2)3)6-12-9-16-14-5-4-11(8-15)7-13(12)14;1-10(17(2)3)6-12-9-16-14-7-11(8-15)4-5-13(12)14;1-10(17(2)3)7-12-9-16-14-11(8-15)5-4-6-13(12)14;1-14-13-11(8-9-16(2)3)10-6-4-5-7-12(10)15-13;1-10-5-6-12(8-13(10)9-14)7-11(2)15(3)4;1-10(14(3)4)9-11-7-5-6-8-12(11)13-2;1-10(14(2)3)7-11-5-4-6-12(8-11)9-13;;;;;;/h5-7,9-10,16H,8H2,1-4H3;5-8,10,16H,9H2,1-4H3;2*4-5,7,9-10,16H,6,8H2,1-3H3;4-6,9-10,16H,7-8H2,1-3H3;4-7,15H,8-9H2,1-3H3;5-6,8,11H,7,9H2,1-4H3;5-8,10H,9H2,1-4H3;4-6,8,10H,7,9H2,1-3H3;6*1H4/q2*-1;;;;-1;;-1;;;;;;;/t5*10-;;11-;2*10-;;;;;;/m11111.111....../s1. The normalized spacial score (nSPS) is 12.8. The summed E-state index contributed by atoms with van der Waals surface area (Å²) in [6, 6.07) is 73.3. The summed E-state index contributed by atoms with van der Waals surface area (Å²) in [5.41, 5.74) is 29.5. The summed E-state index contributed by atoms with van der Waals surface area (Å²) in [6.45, 7) is 21.5. The number of aryl methyl sites for hydroxylation is 1. The van der Waals surface area contributed by atoms with Gasteiger partial charge in [0.15, 0.2) is 0 Å². The van der Waals surface area contributed by atoms with Crippen LogP contribution in [0.25, 0.3) is 65.4 Å². The van der Waals surface area contributed by atoms with Gasteiger partial charge in [0.25, 0.3) is 0 Å². The van der Waals surface area contributed by atoms with Crippen LogP contribution in [0.2, 0.25) is 0 Å². The first kappa shape index (κ1) is 144. The minimum Gasteiger partial charge on any atom is -0.306 e. The molecule has 15 rings (SSSR count). The molecule has 0 amide bonds.